The van der Waals surface area contributed by atoms with E-state index in [0.29, 0.717) is 46.4 Å². The number of nitrogens with one attached hydrogen (secondary N) is 3. The van der Waals surface area contributed by atoms with Gasteiger partial charge in [-0.15, -0.1) is 24.0 Å². The Kier molecular flexibility index (Phi) is 10.4. The minimum atomic E-state index is -3.21. The number of pyridine rings is 1. The molecule has 2 aromatic rings. The number of aromatic nitrogens is 1. The molecule has 3 N–H and O–H groups in total. The summed E-state index contributed by atoms with van der Waals surface area (Å²) < 4.78 is 23.4. The molecule has 1 aromatic heterocycles. The number of sulfone groups is 1. The number of anilines is 1. The molecule has 1 aromatic carbocycles. The van der Waals surface area contributed by atoms with Crippen molar-refractivity contribution in [3.05, 3.63) is 51.6 Å². The maximum atomic E-state index is 11.7. The molecule has 0 radical (unpaired) electrons. The maximum absolute atomic E-state index is 11.7. The second-order valence-corrected chi connectivity index (χ2v) is 8.96. The van der Waals surface area contributed by atoms with Gasteiger partial charge < -0.3 is 16.0 Å². The molecular weight excluding hydrogens is 548 g/mol. The quantitative estimate of drug-likeness (QED) is 0.204. The zero-order valence-electron chi connectivity index (χ0n) is 16.3. The fourth-order valence-electron chi connectivity index (χ4n) is 2.55. The summed E-state index contributed by atoms with van der Waals surface area (Å²) in [6.07, 6.45) is 2.74. The summed E-state index contributed by atoms with van der Waals surface area (Å²) in [7, 11) is -1.54. The lowest BCUT2D eigenvalue weighted by atomic mass is 10.1. The Bertz CT molecular complexity index is 971. The van der Waals surface area contributed by atoms with Crippen LogP contribution < -0.4 is 16.0 Å². The predicted octanol–water partition coefficient (Wildman–Crippen LogP) is 3.50. The van der Waals surface area contributed by atoms with Gasteiger partial charge in [0.05, 0.1) is 14.9 Å². The Morgan fingerprint density at radius 1 is 1.17 bits per heavy atom. The second kappa shape index (κ2) is 11.8. The van der Waals surface area contributed by atoms with E-state index in [9.17, 15) is 8.42 Å². The van der Waals surface area contributed by atoms with Crippen LogP contribution in [0.1, 0.15) is 11.1 Å². The standard InChI is InChI=1S/C18H23Cl2N5O2S.HI/c1-12-8-13(4-5-16(12)28(3,26)27)10-25-18(21-2)23-7-6-22-17-15(20)9-14(19)11-24-17;/h4-5,8-9,11H,6-7,10H2,1-3H3,(H,22,24)(H2,21,23,25);1H. The van der Waals surface area contributed by atoms with Gasteiger partial charge in [0.2, 0.25) is 0 Å². The average Bonchev–Trinajstić information content (AvgIpc) is 2.61. The smallest absolute Gasteiger partial charge is 0.191 e. The summed E-state index contributed by atoms with van der Waals surface area (Å²) in [6.45, 7) is 3.47. The molecule has 1 heterocycles. The van der Waals surface area contributed by atoms with Crippen molar-refractivity contribution >= 4 is 68.8 Å². The van der Waals surface area contributed by atoms with E-state index in [4.69, 9.17) is 23.2 Å². The first kappa shape index (κ1) is 25.7. The first-order valence-electron chi connectivity index (χ1n) is 8.49. The zero-order valence-corrected chi connectivity index (χ0v) is 21.0. The number of benzene rings is 1. The van der Waals surface area contributed by atoms with Gasteiger partial charge in [0, 0.05) is 39.1 Å². The molecule has 7 nitrogen and oxygen atoms in total. The van der Waals surface area contributed by atoms with Gasteiger partial charge in [0.25, 0.3) is 0 Å². The van der Waals surface area contributed by atoms with Crippen LogP contribution in [0.25, 0.3) is 0 Å². The normalized spacial score (nSPS) is 11.6. The second-order valence-electron chi connectivity index (χ2n) is 6.14. The number of hydrogen-bond acceptors (Lipinski definition) is 5. The lowest BCUT2D eigenvalue weighted by molar-refractivity contribution is 0.601. The van der Waals surface area contributed by atoms with Crippen molar-refractivity contribution in [3.8, 4) is 0 Å². The van der Waals surface area contributed by atoms with E-state index in [-0.39, 0.29) is 24.0 Å². The summed E-state index contributed by atoms with van der Waals surface area (Å²) in [5.74, 6) is 1.19. The average molecular weight is 572 g/mol. The first-order chi connectivity index (χ1) is 13.2. The molecule has 0 spiro atoms. The lowest BCUT2D eigenvalue weighted by Crippen LogP contribution is -2.39. The molecule has 0 saturated carbocycles. The molecular formula is C18H24Cl2IN5O2S. The van der Waals surface area contributed by atoms with Crippen LogP contribution in [0, 0.1) is 6.92 Å². The van der Waals surface area contributed by atoms with Gasteiger partial charge in [-0.3, -0.25) is 4.99 Å². The van der Waals surface area contributed by atoms with Crippen LogP contribution in [0.4, 0.5) is 5.82 Å². The van der Waals surface area contributed by atoms with E-state index in [1.165, 1.54) is 12.5 Å². The Labute approximate surface area is 198 Å². The highest BCUT2D eigenvalue weighted by atomic mass is 127. The number of nitrogens with zero attached hydrogens (tertiary/aromatic N) is 2. The highest BCUT2D eigenvalue weighted by molar-refractivity contribution is 14.0. The van der Waals surface area contributed by atoms with Gasteiger partial charge in [-0.25, -0.2) is 13.4 Å². The molecule has 160 valence electrons. The molecule has 0 saturated heterocycles. The van der Waals surface area contributed by atoms with Gasteiger partial charge in [-0.1, -0.05) is 35.3 Å². The van der Waals surface area contributed by atoms with Crippen LogP contribution in [0.5, 0.6) is 0 Å². The highest BCUT2D eigenvalue weighted by Gasteiger charge is 2.11. The number of aryl methyl sites for hydroxylation is 1. The van der Waals surface area contributed by atoms with Gasteiger partial charge >= 0.3 is 0 Å². The van der Waals surface area contributed by atoms with Crippen molar-refractivity contribution in [1.29, 1.82) is 0 Å². The number of hydrogen-bond donors (Lipinski definition) is 3. The van der Waals surface area contributed by atoms with Crippen LogP contribution >= 0.6 is 47.2 Å². The van der Waals surface area contributed by atoms with Crippen LogP contribution in [-0.2, 0) is 16.4 Å². The van der Waals surface area contributed by atoms with Crippen molar-refractivity contribution in [3.63, 3.8) is 0 Å². The maximum Gasteiger partial charge on any atom is 0.191 e. The van der Waals surface area contributed by atoms with Crippen LogP contribution in [-0.4, -0.2) is 45.8 Å². The van der Waals surface area contributed by atoms with Gasteiger partial charge in [0.1, 0.15) is 5.82 Å². The third-order valence-electron chi connectivity index (χ3n) is 3.84. The minimum absolute atomic E-state index is 0. The van der Waals surface area contributed by atoms with Crippen molar-refractivity contribution in [2.75, 3.05) is 31.7 Å². The van der Waals surface area contributed by atoms with Crippen LogP contribution in [0.15, 0.2) is 40.4 Å². The number of aliphatic imine (C=N–C) groups is 1. The first-order valence-corrected chi connectivity index (χ1v) is 11.1. The third-order valence-corrected chi connectivity index (χ3v) is 5.59. The molecule has 0 atom stereocenters. The van der Waals surface area contributed by atoms with Crippen molar-refractivity contribution in [1.82, 2.24) is 15.6 Å². The number of halogens is 3. The summed E-state index contributed by atoms with van der Waals surface area (Å²) >= 11 is 11.9. The third kappa shape index (κ3) is 8.15. The molecule has 0 fully saturated rings. The van der Waals surface area contributed by atoms with E-state index in [0.717, 1.165) is 11.1 Å². The molecule has 2 rings (SSSR count). The van der Waals surface area contributed by atoms with E-state index < -0.39 is 9.84 Å². The number of guanidine groups is 1. The van der Waals surface area contributed by atoms with Gasteiger partial charge in [0.15, 0.2) is 15.8 Å². The topological polar surface area (TPSA) is 95.5 Å². The van der Waals surface area contributed by atoms with Crippen LogP contribution in [0.3, 0.4) is 0 Å². The monoisotopic (exact) mass is 571 g/mol. The summed E-state index contributed by atoms with van der Waals surface area (Å²) in [6, 6.07) is 6.90. The summed E-state index contributed by atoms with van der Waals surface area (Å²) in [4.78, 5) is 8.65. The Hall–Kier alpha value is -1.30. The fraction of sp³-hybridized carbons (Fsp3) is 0.333. The molecule has 0 unspecified atom stereocenters. The van der Waals surface area contributed by atoms with Crippen molar-refractivity contribution < 1.29 is 8.42 Å². The SMILES string of the molecule is CN=C(NCCNc1ncc(Cl)cc1Cl)NCc1ccc(S(C)(=O)=O)c(C)c1.I. The summed E-state index contributed by atoms with van der Waals surface area (Å²) in [5.41, 5.74) is 1.68. The molecule has 0 aliphatic heterocycles. The van der Waals surface area contributed by atoms with Crippen LogP contribution in [0.2, 0.25) is 10.0 Å². The van der Waals surface area contributed by atoms with E-state index >= 15 is 0 Å². The van der Waals surface area contributed by atoms with Crippen molar-refractivity contribution in [2.24, 2.45) is 4.99 Å². The van der Waals surface area contributed by atoms with Gasteiger partial charge in [-0.2, -0.15) is 0 Å². The molecule has 0 amide bonds. The van der Waals surface area contributed by atoms with Crippen molar-refractivity contribution in [2.45, 2.75) is 18.4 Å². The van der Waals surface area contributed by atoms with Gasteiger partial charge in [-0.05, 0) is 30.2 Å². The largest absolute Gasteiger partial charge is 0.367 e. The predicted molar refractivity (Wildman–Crippen MR) is 131 cm³/mol. The van der Waals surface area contributed by atoms with E-state index in [1.54, 1.807) is 32.2 Å². The summed E-state index contributed by atoms with van der Waals surface area (Å²) in [5, 5.41) is 10.4. The number of rotatable bonds is 7. The fourth-order valence-corrected chi connectivity index (χ4v) is 3.96. The lowest BCUT2D eigenvalue weighted by Gasteiger charge is -2.14. The molecule has 11 heteroatoms. The Morgan fingerprint density at radius 2 is 1.90 bits per heavy atom. The Morgan fingerprint density at radius 3 is 2.48 bits per heavy atom. The molecule has 29 heavy (non-hydrogen) atoms. The minimum Gasteiger partial charge on any atom is -0.367 e. The highest BCUT2D eigenvalue weighted by Crippen LogP contribution is 2.22. The van der Waals surface area contributed by atoms with E-state index in [1.807, 2.05) is 6.07 Å². The van der Waals surface area contributed by atoms with E-state index in [2.05, 4.69) is 25.9 Å². The molecule has 0 aliphatic rings. The Balaban J connectivity index is 0.00000420. The molecule has 0 bridgehead atoms. The zero-order chi connectivity index (χ0) is 20.7. The molecule has 0 aliphatic carbocycles.